The van der Waals surface area contributed by atoms with Crippen LogP contribution >= 0.6 is 0 Å². The summed E-state index contributed by atoms with van der Waals surface area (Å²) < 4.78 is 1.97. The molecule has 1 aromatic carbocycles. The summed E-state index contributed by atoms with van der Waals surface area (Å²) in [4.78, 5) is 19.2. The molecule has 3 aromatic rings. The van der Waals surface area contributed by atoms with Gasteiger partial charge in [0.25, 0.3) is 0 Å². The van der Waals surface area contributed by atoms with E-state index in [0.29, 0.717) is 11.8 Å². The number of hydrogen-bond acceptors (Lipinski definition) is 5. The normalized spacial score (nSPS) is 21.5. The molecule has 2 N–H and O–H groups in total. The highest BCUT2D eigenvalue weighted by atomic mass is 16.2. The largest absolute Gasteiger partial charge is 0.370 e. The van der Waals surface area contributed by atoms with E-state index < -0.39 is 0 Å². The Morgan fingerprint density at radius 2 is 1.69 bits per heavy atom. The highest BCUT2D eigenvalue weighted by molar-refractivity contribution is 5.82. The SMILES string of the molecule is N[C@H]1CCN(c2ccc(-c3cc4c(N5CCN(C(=O)C6CC6)CC5)ccnn4c3)cc2)C1. The number of amides is 1. The number of hydrogen-bond donors (Lipinski definition) is 1. The molecule has 0 bridgehead atoms. The van der Waals surface area contributed by atoms with Gasteiger partial charge in [0.05, 0.1) is 11.2 Å². The van der Waals surface area contributed by atoms with Crippen LogP contribution in [0, 0.1) is 5.92 Å². The summed E-state index contributed by atoms with van der Waals surface area (Å²) >= 11 is 0. The van der Waals surface area contributed by atoms with E-state index in [0.717, 1.165) is 69.6 Å². The maximum absolute atomic E-state index is 12.4. The van der Waals surface area contributed by atoms with Gasteiger partial charge in [-0.05, 0) is 49.1 Å². The zero-order valence-corrected chi connectivity index (χ0v) is 18.4. The predicted molar refractivity (Wildman–Crippen MR) is 127 cm³/mol. The molecule has 2 aliphatic heterocycles. The molecule has 6 rings (SSSR count). The van der Waals surface area contributed by atoms with Crippen LogP contribution in [0.2, 0.25) is 0 Å². The summed E-state index contributed by atoms with van der Waals surface area (Å²) in [6, 6.07) is 13.4. The van der Waals surface area contributed by atoms with Crippen molar-refractivity contribution < 1.29 is 4.79 Å². The van der Waals surface area contributed by atoms with Crippen LogP contribution in [0.5, 0.6) is 0 Å². The third-order valence-electron chi connectivity index (χ3n) is 7.14. The highest BCUT2D eigenvalue weighted by Crippen LogP contribution is 2.33. The minimum atomic E-state index is 0.282. The van der Waals surface area contributed by atoms with Crippen molar-refractivity contribution in [2.45, 2.75) is 25.3 Å². The second-order valence-electron chi connectivity index (χ2n) is 9.40. The number of aromatic nitrogens is 2. The van der Waals surface area contributed by atoms with Gasteiger partial charge in [-0.2, -0.15) is 5.10 Å². The van der Waals surface area contributed by atoms with Gasteiger partial charge in [-0.1, -0.05) is 12.1 Å². The van der Waals surface area contributed by atoms with Crippen molar-refractivity contribution in [2.75, 3.05) is 49.1 Å². The van der Waals surface area contributed by atoms with Gasteiger partial charge in [0, 0.05) is 74.9 Å². The number of benzene rings is 1. The molecular formula is C25H30N6O. The summed E-state index contributed by atoms with van der Waals surface area (Å²) in [6.07, 6.45) is 7.18. The Morgan fingerprint density at radius 3 is 2.38 bits per heavy atom. The fraction of sp³-hybridized carbons (Fsp3) is 0.440. The first-order chi connectivity index (χ1) is 15.7. The minimum absolute atomic E-state index is 0.282. The van der Waals surface area contributed by atoms with Crippen molar-refractivity contribution in [3.05, 3.63) is 48.8 Å². The molecular weight excluding hydrogens is 400 g/mol. The quantitative estimate of drug-likeness (QED) is 0.689. The Bertz CT molecular complexity index is 1130. The fourth-order valence-electron chi connectivity index (χ4n) is 5.07. The summed E-state index contributed by atoms with van der Waals surface area (Å²) in [7, 11) is 0. The summed E-state index contributed by atoms with van der Waals surface area (Å²) in [5.41, 5.74) is 12.0. The number of piperazine rings is 1. The Balaban J connectivity index is 1.21. The van der Waals surface area contributed by atoms with E-state index in [-0.39, 0.29) is 6.04 Å². The molecule has 1 amide bonds. The third kappa shape index (κ3) is 3.60. The smallest absolute Gasteiger partial charge is 0.225 e. The first kappa shape index (κ1) is 19.6. The Morgan fingerprint density at radius 1 is 0.906 bits per heavy atom. The van der Waals surface area contributed by atoms with Crippen molar-refractivity contribution in [1.29, 1.82) is 0 Å². The molecule has 32 heavy (non-hydrogen) atoms. The topological polar surface area (TPSA) is 70.1 Å². The number of carbonyl (C=O) groups excluding carboxylic acids is 1. The molecule has 3 aliphatic rings. The van der Waals surface area contributed by atoms with Crippen molar-refractivity contribution in [3.8, 4) is 11.1 Å². The molecule has 1 aliphatic carbocycles. The van der Waals surface area contributed by atoms with Crippen LogP contribution in [-0.2, 0) is 4.79 Å². The molecule has 0 spiro atoms. The molecule has 7 heteroatoms. The van der Waals surface area contributed by atoms with Gasteiger partial charge in [0.2, 0.25) is 5.91 Å². The molecule has 3 fully saturated rings. The molecule has 2 aromatic heterocycles. The van der Waals surface area contributed by atoms with Crippen LogP contribution in [0.4, 0.5) is 11.4 Å². The van der Waals surface area contributed by atoms with Gasteiger partial charge in [-0.3, -0.25) is 4.79 Å². The van der Waals surface area contributed by atoms with Crippen LogP contribution in [0.1, 0.15) is 19.3 Å². The number of carbonyl (C=O) groups is 1. The lowest BCUT2D eigenvalue weighted by molar-refractivity contribution is -0.132. The molecule has 4 heterocycles. The maximum atomic E-state index is 12.4. The van der Waals surface area contributed by atoms with E-state index in [1.54, 1.807) is 0 Å². The summed E-state index contributed by atoms with van der Waals surface area (Å²) in [5.74, 6) is 0.657. The second kappa shape index (κ2) is 7.81. The standard InChI is InChI=1S/C25H30N6O/c26-21-8-10-30(17-21)22-5-3-18(4-6-22)20-15-24-23(7-9-27-31(24)16-20)28-11-13-29(14-12-28)25(32)19-1-2-19/h3-7,9,15-16,19,21H,1-2,8,10-14,17,26H2/t21-/m0/s1. The van der Waals surface area contributed by atoms with Gasteiger partial charge < -0.3 is 20.4 Å². The van der Waals surface area contributed by atoms with Crippen LogP contribution < -0.4 is 15.5 Å². The Labute approximate surface area is 188 Å². The molecule has 1 atom stereocenters. The lowest BCUT2D eigenvalue weighted by atomic mass is 10.1. The van der Waals surface area contributed by atoms with Gasteiger partial charge in [0.1, 0.15) is 0 Å². The maximum Gasteiger partial charge on any atom is 0.225 e. The Kier molecular flexibility index (Phi) is 4.79. The zero-order valence-electron chi connectivity index (χ0n) is 18.4. The molecule has 0 radical (unpaired) electrons. The first-order valence-corrected chi connectivity index (χ1v) is 11.8. The van der Waals surface area contributed by atoms with Crippen molar-refractivity contribution in [2.24, 2.45) is 11.7 Å². The molecule has 166 valence electrons. The molecule has 0 unspecified atom stereocenters. The van der Waals surface area contributed by atoms with E-state index in [9.17, 15) is 4.79 Å². The average Bonchev–Trinajstić information content (AvgIpc) is 3.44. The monoisotopic (exact) mass is 430 g/mol. The molecule has 7 nitrogen and oxygen atoms in total. The lowest BCUT2D eigenvalue weighted by Crippen LogP contribution is -2.49. The van der Waals surface area contributed by atoms with Crippen LogP contribution in [0.15, 0.2) is 48.8 Å². The van der Waals surface area contributed by atoms with E-state index in [4.69, 9.17) is 5.73 Å². The molecule has 1 saturated carbocycles. The fourth-order valence-corrected chi connectivity index (χ4v) is 5.07. The van der Waals surface area contributed by atoms with E-state index in [1.807, 2.05) is 15.6 Å². The number of anilines is 2. The van der Waals surface area contributed by atoms with Crippen LogP contribution in [-0.4, -0.2) is 65.7 Å². The lowest BCUT2D eigenvalue weighted by Gasteiger charge is -2.36. The van der Waals surface area contributed by atoms with E-state index in [1.165, 1.54) is 16.9 Å². The minimum Gasteiger partial charge on any atom is -0.370 e. The van der Waals surface area contributed by atoms with Crippen LogP contribution in [0.25, 0.3) is 16.6 Å². The van der Waals surface area contributed by atoms with Crippen molar-refractivity contribution in [1.82, 2.24) is 14.5 Å². The van der Waals surface area contributed by atoms with Crippen LogP contribution in [0.3, 0.4) is 0 Å². The van der Waals surface area contributed by atoms with Gasteiger partial charge in [-0.25, -0.2) is 4.52 Å². The zero-order chi connectivity index (χ0) is 21.7. The van der Waals surface area contributed by atoms with Crippen molar-refractivity contribution >= 4 is 22.8 Å². The Hall–Kier alpha value is -3.06. The number of rotatable bonds is 4. The number of nitrogens with zero attached hydrogens (tertiary/aromatic N) is 5. The van der Waals surface area contributed by atoms with Crippen molar-refractivity contribution in [3.63, 3.8) is 0 Å². The number of fused-ring (bicyclic) bond motifs is 1. The highest BCUT2D eigenvalue weighted by Gasteiger charge is 2.34. The predicted octanol–water partition coefficient (Wildman–Crippen LogP) is 2.60. The molecule has 2 saturated heterocycles. The second-order valence-corrected chi connectivity index (χ2v) is 9.40. The summed E-state index contributed by atoms with van der Waals surface area (Å²) in [5, 5.41) is 4.55. The third-order valence-corrected chi connectivity index (χ3v) is 7.14. The van der Waals surface area contributed by atoms with Gasteiger partial charge in [0.15, 0.2) is 0 Å². The first-order valence-electron chi connectivity index (χ1n) is 11.8. The van der Waals surface area contributed by atoms with E-state index in [2.05, 4.69) is 57.5 Å². The summed E-state index contributed by atoms with van der Waals surface area (Å²) in [6.45, 7) is 5.31. The van der Waals surface area contributed by atoms with E-state index >= 15 is 0 Å². The number of nitrogens with two attached hydrogens (primary N) is 1. The average molecular weight is 431 g/mol. The van der Waals surface area contributed by atoms with Gasteiger partial charge in [-0.15, -0.1) is 0 Å². The van der Waals surface area contributed by atoms with Gasteiger partial charge >= 0.3 is 0 Å².